The Kier molecular flexibility index (Phi) is 6.12. The number of benzene rings is 1. The molecule has 0 aliphatic rings. The van der Waals surface area contributed by atoms with E-state index < -0.39 is 11.7 Å². The van der Waals surface area contributed by atoms with Gasteiger partial charge in [-0.15, -0.1) is 5.10 Å². The second-order valence-electron chi connectivity index (χ2n) is 9.00. The number of carbonyl (C=O) groups excluding carboxylic acids is 1. The maximum absolute atomic E-state index is 12.2. The number of ether oxygens (including phenoxy) is 1. The van der Waals surface area contributed by atoms with Crippen molar-refractivity contribution in [2.24, 2.45) is 0 Å². The van der Waals surface area contributed by atoms with Gasteiger partial charge in [0, 0.05) is 17.6 Å². The van der Waals surface area contributed by atoms with Crippen molar-refractivity contribution in [1.29, 1.82) is 0 Å². The van der Waals surface area contributed by atoms with Gasteiger partial charge in [0.25, 0.3) is 0 Å². The largest absolute Gasteiger partial charge is 0.464 e. The Hall–Kier alpha value is -3.39. The Labute approximate surface area is 196 Å². The summed E-state index contributed by atoms with van der Waals surface area (Å²) >= 11 is 5.99. The van der Waals surface area contributed by atoms with Gasteiger partial charge in [0.05, 0.1) is 17.1 Å². The predicted octanol–water partition coefficient (Wildman–Crippen LogP) is 5.63. The summed E-state index contributed by atoms with van der Waals surface area (Å²) in [4.78, 5) is 21.3. The van der Waals surface area contributed by atoms with Crippen LogP contribution in [0.1, 0.15) is 33.3 Å². The summed E-state index contributed by atoms with van der Waals surface area (Å²) in [6.07, 6.45) is 2.75. The molecule has 0 saturated heterocycles. The minimum absolute atomic E-state index is 0.272. The van der Waals surface area contributed by atoms with Crippen molar-refractivity contribution in [3.05, 3.63) is 53.4 Å². The smallest absolute Gasteiger partial charge is 0.407 e. The molecule has 0 bridgehead atoms. The fraction of sp³-hybridized carbons (Fsp3) is 0.333. The summed E-state index contributed by atoms with van der Waals surface area (Å²) in [7, 11) is 0. The number of aromatic nitrogens is 4. The third-order valence-electron chi connectivity index (χ3n) is 4.81. The van der Waals surface area contributed by atoms with Crippen LogP contribution in [0.15, 0.2) is 47.2 Å². The number of hydrogen-bond acceptors (Lipinski definition) is 6. The number of nitrogens with one attached hydrogen (secondary N) is 1. The van der Waals surface area contributed by atoms with Crippen LogP contribution < -0.4 is 5.32 Å². The normalized spacial score (nSPS) is 12.7. The van der Waals surface area contributed by atoms with E-state index in [0.717, 1.165) is 22.1 Å². The lowest BCUT2D eigenvalue weighted by Gasteiger charge is -2.22. The van der Waals surface area contributed by atoms with E-state index in [0.29, 0.717) is 28.9 Å². The van der Waals surface area contributed by atoms with Gasteiger partial charge >= 0.3 is 6.09 Å². The average molecular weight is 468 g/mol. The highest BCUT2D eigenvalue weighted by atomic mass is 35.5. The minimum Gasteiger partial charge on any atom is -0.464 e. The van der Waals surface area contributed by atoms with Crippen molar-refractivity contribution in [2.75, 3.05) is 0 Å². The predicted molar refractivity (Wildman–Crippen MR) is 127 cm³/mol. The lowest BCUT2D eigenvalue weighted by molar-refractivity contribution is 0.0503. The summed E-state index contributed by atoms with van der Waals surface area (Å²) in [5.41, 5.74) is 2.69. The van der Waals surface area contributed by atoms with E-state index in [2.05, 4.69) is 21.5 Å². The second-order valence-corrected chi connectivity index (χ2v) is 9.44. The summed E-state index contributed by atoms with van der Waals surface area (Å²) in [5, 5.41) is 9.01. The van der Waals surface area contributed by atoms with Crippen LogP contribution in [0.4, 0.5) is 4.79 Å². The molecule has 0 aliphatic carbocycles. The zero-order valence-corrected chi connectivity index (χ0v) is 20.0. The standard InChI is InChI=1S/C24H26ClN5O3/c1-14-6-9-20-17(10-14)18(13-32-20)22-28-21(19-8-7-16(25)11-26-19)29-30(22)12-15(2)27-23(31)33-24(3,4)5/h6-11,13,15H,12H2,1-5H3,(H,27,31). The molecule has 1 N–H and O–H groups in total. The number of carbonyl (C=O) groups is 1. The van der Waals surface area contributed by atoms with E-state index in [1.165, 1.54) is 0 Å². The van der Waals surface area contributed by atoms with Crippen molar-refractivity contribution >= 4 is 28.7 Å². The van der Waals surface area contributed by atoms with Gasteiger partial charge < -0.3 is 14.5 Å². The van der Waals surface area contributed by atoms with Crippen molar-refractivity contribution in [3.63, 3.8) is 0 Å². The Balaban J connectivity index is 1.71. The van der Waals surface area contributed by atoms with Crippen LogP contribution in [0.2, 0.25) is 5.02 Å². The van der Waals surface area contributed by atoms with Gasteiger partial charge in [-0.2, -0.15) is 0 Å². The first-order chi connectivity index (χ1) is 15.6. The third kappa shape index (κ3) is 5.34. The van der Waals surface area contributed by atoms with E-state index >= 15 is 0 Å². The number of aryl methyl sites for hydroxylation is 1. The lowest BCUT2D eigenvalue weighted by Crippen LogP contribution is -2.39. The highest BCUT2D eigenvalue weighted by Gasteiger charge is 2.22. The highest BCUT2D eigenvalue weighted by molar-refractivity contribution is 6.30. The van der Waals surface area contributed by atoms with Gasteiger partial charge in [-0.05, 0) is 58.9 Å². The molecule has 1 aromatic carbocycles. The SMILES string of the molecule is Cc1ccc2occ(-c3nc(-c4ccc(Cl)cn4)nn3CC(C)NC(=O)OC(C)(C)C)c2c1. The van der Waals surface area contributed by atoms with Gasteiger partial charge in [0.1, 0.15) is 23.1 Å². The lowest BCUT2D eigenvalue weighted by atomic mass is 10.1. The van der Waals surface area contributed by atoms with Crippen LogP contribution >= 0.6 is 11.6 Å². The summed E-state index contributed by atoms with van der Waals surface area (Å²) in [5.74, 6) is 1.07. The quantitative estimate of drug-likeness (QED) is 0.408. The van der Waals surface area contributed by atoms with Crippen LogP contribution in [-0.2, 0) is 11.3 Å². The Morgan fingerprint density at radius 3 is 2.76 bits per heavy atom. The van der Waals surface area contributed by atoms with E-state index in [-0.39, 0.29) is 6.04 Å². The molecule has 1 amide bonds. The van der Waals surface area contributed by atoms with Crippen LogP contribution in [0, 0.1) is 6.92 Å². The zero-order chi connectivity index (χ0) is 23.8. The number of amides is 1. The molecule has 172 valence electrons. The van der Waals surface area contributed by atoms with Gasteiger partial charge in [-0.3, -0.25) is 4.98 Å². The fourth-order valence-electron chi connectivity index (χ4n) is 3.42. The molecule has 3 aromatic heterocycles. The first-order valence-corrected chi connectivity index (χ1v) is 11.0. The fourth-order valence-corrected chi connectivity index (χ4v) is 3.53. The molecule has 0 saturated carbocycles. The highest BCUT2D eigenvalue weighted by Crippen LogP contribution is 2.31. The number of nitrogens with zero attached hydrogens (tertiary/aromatic N) is 4. The van der Waals surface area contributed by atoms with Crippen LogP contribution in [0.25, 0.3) is 33.9 Å². The van der Waals surface area contributed by atoms with E-state index in [4.69, 9.17) is 25.7 Å². The van der Waals surface area contributed by atoms with Crippen molar-refractivity contribution < 1.29 is 13.9 Å². The number of furan rings is 1. The van der Waals surface area contributed by atoms with Crippen LogP contribution in [0.3, 0.4) is 0 Å². The topological polar surface area (TPSA) is 95.1 Å². The molecule has 33 heavy (non-hydrogen) atoms. The molecule has 0 fully saturated rings. The number of rotatable bonds is 5. The van der Waals surface area contributed by atoms with E-state index in [1.807, 2.05) is 46.8 Å². The maximum atomic E-state index is 12.2. The van der Waals surface area contributed by atoms with Crippen molar-refractivity contribution in [2.45, 2.75) is 52.8 Å². The Morgan fingerprint density at radius 2 is 2.06 bits per heavy atom. The van der Waals surface area contributed by atoms with Crippen molar-refractivity contribution in [3.8, 4) is 22.9 Å². The number of hydrogen-bond donors (Lipinski definition) is 1. The number of alkyl carbamates (subject to hydrolysis) is 1. The molecular weight excluding hydrogens is 442 g/mol. The van der Waals surface area contributed by atoms with Gasteiger partial charge in [-0.1, -0.05) is 23.2 Å². The van der Waals surface area contributed by atoms with Crippen molar-refractivity contribution in [1.82, 2.24) is 25.1 Å². The Bertz CT molecular complexity index is 1290. The first kappa shape index (κ1) is 22.8. The van der Waals surface area contributed by atoms with Gasteiger partial charge in [0.2, 0.25) is 0 Å². The maximum Gasteiger partial charge on any atom is 0.407 e. The number of pyridine rings is 1. The Morgan fingerprint density at radius 1 is 1.27 bits per heavy atom. The molecule has 1 unspecified atom stereocenters. The molecule has 9 heteroatoms. The first-order valence-electron chi connectivity index (χ1n) is 10.6. The number of fused-ring (bicyclic) bond motifs is 1. The molecule has 4 rings (SSSR count). The second kappa shape index (κ2) is 8.86. The van der Waals surface area contributed by atoms with Crippen LogP contribution in [0.5, 0.6) is 0 Å². The van der Waals surface area contributed by atoms with E-state index in [9.17, 15) is 4.79 Å². The molecule has 1 atom stereocenters. The zero-order valence-electron chi connectivity index (χ0n) is 19.2. The van der Waals surface area contributed by atoms with E-state index in [1.54, 1.807) is 29.3 Å². The molecule has 0 spiro atoms. The third-order valence-corrected chi connectivity index (χ3v) is 5.03. The molecule has 0 radical (unpaired) electrons. The minimum atomic E-state index is -0.580. The molecule has 4 aromatic rings. The summed E-state index contributed by atoms with van der Waals surface area (Å²) < 4.78 is 12.9. The number of halogens is 1. The molecular formula is C24H26ClN5O3. The summed E-state index contributed by atoms with van der Waals surface area (Å²) in [6.45, 7) is 9.75. The average Bonchev–Trinajstić information content (AvgIpc) is 3.30. The van der Waals surface area contributed by atoms with Crippen LogP contribution in [-0.4, -0.2) is 37.5 Å². The molecule has 3 heterocycles. The molecule has 8 nitrogen and oxygen atoms in total. The monoisotopic (exact) mass is 467 g/mol. The summed E-state index contributed by atoms with van der Waals surface area (Å²) in [6, 6.07) is 9.22. The van der Waals surface area contributed by atoms with Gasteiger partial charge in [0.15, 0.2) is 11.6 Å². The van der Waals surface area contributed by atoms with Gasteiger partial charge in [-0.25, -0.2) is 14.5 Å². The molecule has 0 aliphatic heterocycles.